The second-order valence-corrected chi connectivity index (χ2v) is 3.83. The van der Waals surface area contributed by atoms with E-state index in [2.05, 4.69) is 0 Å². The highest BCUT2D eigenvalue weighted by Gasteiger charge is 1.97. The number of methoxy groups -OCH3 is 1. The fraction of sp³-hybridized carbons (Fsp3) is 0.889. The molecule has 0 saturated heterocycles. The summed E-state index contributed by atoms with van der Waals surface area (Å²) in [5, 5.41) is 0. The van der Waals surface area contributed by atoms with Crippen molar-refractivity contribution in [2.24, 2.45) is 0 Å². The van der Waals surface area contributed by atoms with E-state index in [-0.39, 0.29) is 0 Å². The Balaban J connectivity index is 2.95. The van der Waals surface area contributed by atoms with Gasteiger partial charge in [-0.1, -0.05) is 6.92 Å². The highest BCUT2D eigenvalue weighted by atomic mass is 32.2. The lowest BCUT2D eigenvalue weighted by atomic mass is 10.2. The quantitative estimate of drug-likeness (QED) is 0.548. The van der Waals surface area contributed by atoms with Gasteiger partial charge in [0.2, 0.25) is 0 Å². The Bertz CT molecular complexity index is 115. The van der Waals surface area contributed by atoms with Gasteiger partial charge in [-0.25, -0.2) is 0 Å². The molecular formula is C9H18O2S. The van der Waals surface area contributed by atoms with Gasteiger partial charge in [-0.05, 0) is 12.2 Å². The number of Topliss-reactive ketones (excluding diaryl/α,β-unsaturated/α-hetero) is 1. The number of ether oxygens (including phenoxy) is 1. The van der Waals surface area contributed by atoms with Gasteiger partial charge in [0, 0.05) is 32.3 Å². The molecule has 0 fully saturated rings. The van der Waals surface area contributed by atoms with Gasteiger partial charge in [0.1, 0.15) is 5.78 Å². The average Bonchev–Trinajstić information content (AvgIpc) is 2.10. The smallest absolute Gasteiger partial charge is 0.133 e. The molecule has 0 aromatic carbocycles. The minimum atomic E-state index is 0.370. The van der Waals surface area contributed by atoms with E-state index in [4.69, 9.17) is 4.74 Å². The Morgan fingerprint density at radius 1 is 1.42 bits per heavy atom. The summed E-state index contributed by atoms with van der Waals surface area (Å²) in [6, 6.07) is 0. The molecule has 0 aromatic heterocycles. The maximum absolute atomic E-state index is 10.9. The van der Waals surface area contributed by atoms with Crippen molar-refractivity contribution >= 4 is 17.5 Å². The van der Waals surface area contributed by atoms with Crippen LogP contribution in [0.3, 0.4) is 0 Å². The number of hydrogen-bond donors (Lipinski definition) is 0. The van der Waals surface area contributed by atoms with Crippen molar-refractivity contribution in [3.05, 3.63) is 0 Å². The van der Waals surface area contributed by atoms with Crippen LogP contribution in [0.2, 0.25) is 0 Å². The topological polar surface area (TPSA) is 26.3 Å². The molecule has 0 aromatic rings. The van der Waals surface area contributed by atoms with Crippen LogP contribution in [0.4, 0.5) is 0 Å². The first kappa shape index (κ1) is 12.0. The molecule has 72 valence electrons. The van der Waals surface area contributed by atoms with E-state index in [1.54, 1.807) is 7.11 Å². The van der Waals surface area contributed by atoms with E-state index in [0.717, 1.165) is 31.0 Å². The normalized spacial score (nSPS) is 10.2. The molecule has 3 heteroatoms. The SMILES string of the molecule is CCC(=O)CCSCCCOC. The van der Waals surface area contributed by atoms with Crippen molar-refractivity contribution in [3.63, 3.8) is 0 Å². The Morgan fingerprint density at radius 2 is 2.17 bits per heavy atom. The van der Waals surface area contributed by atoms with Crippen LogP contribution < -0.4 is 0 Å². The molecule has 0 bridgehead atoms. The van der Waals surface area contributed by atoms with E-state index >= 15 is 0 Å². The predicted molar refractivity (Wildman–Crippen MR) is 53.7 cm³/mol. The van der Waals surface area contributed by atoms with Crippen molar-refractivity contribution in [1.82, 2.24) is 0 Å². The molecule has 0 unspecified atom stereocenters. The Hall–Kier alpha value is -0.0200. The van der Waals surface area contributed by atoms with Gasteiger partial charge in [0.05, 0.1) is 0 Å². The summed E-state index contributed by atoms with van der Waals surface area (Å²) >= 11 is 1.84. The van der Waals surface area contributed by atoms with Crippen molar-refractivity contribution < 1.29 is 9.53 Å². The summed E-state index contributed by atoms with van der Waals surface area (Å²) in [6.45, 7) is 2.74. The monoisotopic (exact) mass is 190 g/mol. The summed E-state index contributed by atoms with van der Waals surface area (Å²) in [5.41, 5.74) is 0. The zero-order chi connectivity index (χ0) is 9.23. The fourth-order valence-electron chi connectivity index (χ4n) is 0.770. The molecular weight excluding hydrogens is 172 g/mol. The van der Waals surface area contributed by atoms with Gasteiger partial charge in [-0.3, -0.25) is 4.79 Å². The summed E-state index contributed by atoms with van der Waals surface area (Å²) in [5.74, 6) is 2.44. The van der Waals surface area contributed by atoms with Crippen LogP contribution >= 0.6 is 11.8 Å². The van der Waals surface area contributed by atoms with Crippen LogP contribution in [0.5, 0.6) is 0 Å². The summed E-state index contributed by atoms with van der Waals surface area (Å²) in [6.07, 6.45) is 2.49. The van der Waals surface area contributed by atoms with Crippen LogP contribution in [0, 0.1) is 0 Å². The molecule has 0 aliphatic heterocycles. The van der Waals surface area contributed by atoms with Crippen LogP contribution in [0.1, 0.15) is 26.2 Å². The van der Waals surface area contributed by atoms with Gasteiger partial charge in [0.15, 0.2) is 0 Å². The van der Waals surface area contributed by atoms with E-state index in [9.17, 15) is 4.79 Å². The lowest BCUT2D eigenvalue weighted by Gasteiger charge is -1.99. The van der Waals surface area contributed by atoms with Crippen LogP contribution in [-0.4, -0.2) is 31.0 Å². The molecule has 0 N–H and O–H groups in total. The first-order valence-electron chi connectivity index (χ1n) is 4.39. The molecule has 0 spiro atoms. The maximum atomic E-state index is 10.9. The Labute approximate surface area is 79.1 Å². The predicted octanol–water partition coefficient (Wildman–Crippen LogP) is 2.13. The Kier molecular flexibility index (Phi) is 9.06. The molecule has 12 heavy (non-hydrogen) atoms. The fourth-order valence-corrected chi connectivity index (χ4v) is 1.67. The summed E-state index contributed by atoms with van der Waals surface area (Å²) < 4.78 is 4.91. The minimum Gasteiger partial charge on any atom is -0.385 e. The summed E-state index contributed by atoms with van der Waals surface area (Å²) in [7, 11) is 1.71. The highest BCUT2D eigenvalue weighted by Crippen LogP contribution is 2.05. The molecule has 0 aliphatic rings. The van der Waals surface area contributed by atoms with Crippen molar-refractivity contribution in [1.29, 1.82) is 0 Å². The van der Waals surface area contributed by atoms with Crippen LogP contribution in [-0.2, 0) is 9.53 Å². The molecule has 2 nitrogen and oxygen atoms in total. The number of ketones is 1. The van der Waals surface area contributed by atoms with E-state index in [1.807, 2.05) is 18.7 Å². The van der Waals surface area contributed by atoms with Gasteiger partial charge < -0.3 is 4.74 Å². The summed E-state index contributed by atoms with van der Waals surface area (Å²) in [4.78, 5) is 10.9. The first-order valence-corrected chi connectivity index (χ1v) is 5.55. The zero-order valence-corrected chi connectivity index (χ0v) is 8.78. The molecule has 0 aliphatic carbocycles. The molecule has 0 rings (SSSR count). The van der Waals surface area contributed by atoms with Gasteiger partial charge >= 0.3 is 0 Å². The van der Waals surface area contributed by atoms with Crippen LogP contribution in [0.15, 0.2) is 0 Å². The molecule has 0 atom stereocenters. The molecule has 0 radical (unpaired) electrons. The third kappa shape index (κ3) is 8.08. The third-order valence-corrected chi connectivity index (χ3v) is 2.63. The van der Waals surface area contributed by atoms with E-state index < -0.39 is 0 Å². The van der Waals surface area contributed by atoms with Crippen molar-refractivity contribution in [3.8, 4) is 0 Å². The van der Waals surface area contributed by atoms with E-state index in [1.165, 1.54) is 0 Å². The zero-order valence-electron chi connectivity index (χ0n) is 7.97. The standard InChI is InChI=1S/C9H18O2S/c1-3-9(10)5-8-12-7-4-6-11-2/h3-8H2,1-2H3. The van der Waals surface area contributed by atoms with Gasteiger partial charge in [-0.15, -0.1) is 0 Å². The second kappa shape index (κ2) is 9.07. The third-order valence-electron chi connectivity index (χ3n) is 1.56. The number of carbonyl (C=O) groups is 1. The number of hydrogen-bond acceptors (Lipinski definition) is 3. The minimum absolute atomic E-state index is 0.370. The lowest BCUT2D eigenvalue weighted by Crippen LogP contribution is -1.98. The van der Waals surface area contributed by atoms with Gasteiger partial charge in [0.25, 0.3) is 0 Å². The lowest BCUT2D eigenvalue weighted by molar-refractivity contribution is -0.118. The highest BCUT2D eigenvalue weighted by molar-refractivity contribution is 7.99. The van der Waals surface area contributed by atoms with Gasteiger partial charge in [-0.2, -0.15) is 11.8 Å². The molecule has 0 heterocycles. The van der Waals surface area contributed by atoms with Crippen LogP contribution in [0.25, 0.3) is 0 Å². The molecule has 0 saturated carbocycles. The second-order valence-electron chi connectivity index (χ2n) is 2.60. The molecule has 0 amide bonds. The number of carbonyl (C=O) groups excluding carboxylic acids is 1. The Morgan fingerprint density at radius 3 is 2.75 bits per heavy atom. The maximum Gasteiger partial charge on any atom is 0.133 e. The average molecular weight is 190 g/mol. The number of rotatable bonds is 8. The largest absolute Gasteiger partial charge is 0.385 e. The van der Waals surface area contributed by atoms with Crippen molar-refractivity contribution in [2.45, 2.75) is 26.2 Å². The number of thioether (sulfide) groups is 1. The first-order chi connectivity index (χ1) is 5.81. The van der Waals surface area contributed by atoms with E-state index in [0.29, 0.717) is 12.2 Å². The van der Waals surface area contributed by atoms with Crippen molar-refractivity contribution in [2.75, 3.05) is 25.2 Å².